The third-order valence-electron chi connectivity index (χ3n) is 10.8. The number of alkyl carbamates (subject to hydrolysis) is 1. The molecule has 1 saturated heterocycles. The summed E-state index contributed by atoms with van der Waals surface area (Å²) in [6.45, 7) is 11.0. The van der Waals surface area contributed by atoms with E-state index in [9.17, 15) is 13.2 Å². The minimum absolute atomic E-state index is 0.000937. The largest absolute Gasteiger partial charge is 0.490 e. The molecule has 1 amide bonds. The normalized spacial score (nSPS) is 19.0. The number of rotatable bonds is 20. The van der Waals surface area contributed by atoms with Crippen LogP contribution in [0, 0.1) is 6.92 Å². The van der Waals surface area contributed by atoms with Crippen molar-refractivity contribution in [3.05, 3.63) is 125 Å². The summed E-state index contributed by atoms with van der Waals surface area (Å²) in [6, 6.07) is 29.6. The van der Waals surface area contributed by atoms with E-state index in [-0.39, 0.29) is 29.6 Å². The minimum atomic E-state index is -4.09. The van der Waals surface area contributed by atoms with Crippen LogP contribution in [0.15, 0.2) is 102 Å². The molecular formula is C46H59N3O9S. The van der Waals surface area contributed by atoms with E-state index in [1.807, 2.05) is 75.4 Å². The van der Waals surface area contributed by atoms with Crippen LogP contribution in [0.4, 0.5) is 10.5 Å². The number of anilines is 1. The quantitative estimate of drug-likeness (QED) is 0.0899. The van der Waals surface area contributed by atoms with Gasteiger partial charge in [-0.25, -0.2) is 13.2 Å². The van der Waals surface area contributed by atoms with Crippen LogP contribution < -0.4 is 20.3 Å². The first-order valence-electron chi connectivity index (χ1n) is 20.5. The smallest absolute Gasteiger partial charge is 0.408 e. The Hall–Kier alpha value is -4.50. The van der Waals surface area contributed by atoms with E-state index in [1.54, 1.807) is 31.4 Å². The molecule has 12 nitrogen and oxygen atoms in total. The molecular weight excluding hydrogens is 771 g/mol. The van der Waals surface area contributed by atoms with Crippen LogP contribution in [0.2, 0.25) is 0 Å². The molecule has 59 heavy (non-hydrogen) atoms. The minimum Gasteiger partial charge on any atom is -0.490 e. The van der Waals surface area contributed by atoms with Gasteiger partial charge < -0.3 is 44.0 Å². The van der Waals surface area contributed by atoms with Gasteiger partial charge >= 0.3 is 6.09 Å². The van der Waals surface area contributed by atoms with E-state index in [2.05, 4.69) is 33.7 Å². The van der Waals surface area contributed by atoms with Gasteiger partial charge in [0.1, 0.15) is 19.0 Å². The number of fused-ring (bicyclic) bond motifs is 1. The summed E-state index contributed by atoms with van der Waals surface area (Å²) in [6.07, 6.45) is 0.121. The van der Waals surface area contributed by atoms with E-state index in [0.29, 0.717) is 52.6 Å². The lowest BCUT2D eigenvalue weighted by Gasteiger charge is -2.40. The average Bonchev–Trinajstić information content (AvgIpc) is 3.25. The number of benzene rings is 4. The Morgan fingerprint density at radius 2 is 1.69 bits per heavy atom. The Labute approximate surface area is 349 Å². The number of nitrogens with zero attached hydrogens (tertiary/aromatic N) is 1. The van der Waals surface area contributed by atoms with E-state index >= 15 is 0 Å². The molecule has 1 fully saturated rings. The van der Waals surface area contributed by atoms with Crippen molar-refractivity contribution in [2.75, 3.05) is 58.1 Å². The zero-order valence-corrected chi connectivity index (χ0v) is 35.5. The third kappa shape index (κ3) is 12.3. The molecule has 2 aliphatic heterocycles. The summed E-state index contributed by atoms with van der Waals surface area (Å²) in [7, 11) is -2.38. The Morgan fingerprint density at radius 1 is 0.949 bits per heavy atom. The SMILES string of the molecule is CCOC(C)COCc1ccc([C@H]2C[C@H](C(NC(=O)OCc3ccccc3)S(=O)(=O)c3ccc(C)cc3)NC[C@@H]2OCc2ccc3c(c2)N(CCCOC)CCO3)cc1. The van der Waals surface area contributed by atoms with Crippen molar-refractivity contribution in [2.45, 2.75) is 87.9 Å². The van der Waals surface area contributed by atoms with Gasteiger partial charge in [-0.1, -0.05) is 78.4 Å². The third-order valence-corrected chi connectivity index (χ3v) is 12.8. The Balaban J connectivity index is 1.24. The zero-order chi connectivity index (χ0) is 41.6. The van der Waals surface area contributed by atoms with Crippen LogP contribution in [-0.4, -0.2) is 91.3 Å². The number of nitrogens with one attached hydrogen (secondary N) is 2. The molecule has 5 atom stereocenters. The number of aryl methyl sites for hydroxylation is 1. The van der Waals surface area contributed by atoms with Crippen LogP contribution >= 0.6 is 0 Å². The van der Waals surface area contributed by atoms with Crippen molar-refractivity contribution < 1.29 is 41.6 Å². The standard InChI is InChI=1S/C46H59N3O9S/c1-5-55-34(3)29-54-30-36-14-17-38(18-15-36)40-27-41(47-28-44(40)57-32-37-16-21-43-42(26-37)49(23-25-56-43)22-9-24-53-4)45(59(51,52)39-19-12-33(2)13-20-39)48-46(50)58-31-35-10-7-6-8-11-35/h6-8,10-21,26,34,40-41,44-45,47H,5,9,22-25,27-32H2,1-4H3,(H,48,50)/t34?,40-,41-,44+,45?/m1/s1. The molecule has 0 bridgehead atoms. The summed E-state index contributed by atoms with van der Waals surface area (Å²) in [5.74, 6) is 0.628. The molecule has 2 N–H and O–H groups in total. The predicted molar refractivity (Wildman–Crippen MR) is 227 cm³/mol. The molecule has 4 aromatic rings. The van der Waals surface area contributed by atoms with Gasteiger partial charge in [-0.15, -0.1) is 0 Å². The van der Waals surface area contributed by atoms with Crippen molar-refractivity contribution in [3.8, 4) is 5.75 Å². The van der Waals surface area contributed by atoms with Gasteiger partial charge in [0.15, 0.2) is 5.37 Å². The Bertz CT molecular complexity index is 2020. The summed E-state index contributed by atoms with van der Waals surface area (Å²) in [4.78, 5) is 15.8. The van der Waals surface area contributed by atoms with E-state index in [4.69, 9.17) is 28.4 Å². The van der Waals surface area contributed by atoms with Gasteiger partial charge in [0.2, 0.25) is 9.84 Å². The summed E-state index contributed by atoms with van der Waals surface area (Å²) in [5.41, 5.74) is 5.76. The first-order chi connectivity index (χ1) is 28.6. The van der Waals surface area contributed by atoms with Crippen molar-refractivity contribution in [3.63, 3.8) is 0 Å². The number of ether oxygens (including phenoxy) is 6. The molecule has 2 heterocycles. The fourth-order valence-electron chi connectivity index (χ4n) is 7.60. The Morgan fingerprint density at radius 3 is 2.44 bits per heavy atom. The fourth-order valence-corrected chi connectivity index (χ4v) is 9.30. The maximum absolute atomic E-state index is 14.5. The second kappa shape index (κ2) is 21.7. The second-order valence-corrected chi connectivity index (χ2v) is 17.3. The zero-order valence-electron chi connectivity index (χ0n) is 34.6. The number of sulfone groups is 1. The highest BCUT2D eigenvalue weighted by molar-refractivity contribution is 7.92. The van der Waals surface area contributed by atoms with Gasteiger partial charge in [0, 0.05) is 45.4 Å². The number of carbonyl (C=O) groups excluding carboxylic acids is 1. The van der Waals surface area contributed by atoms with Crippen LogP contribution in [0.5, 0.6) is 5.75 Å². The molecule has 0 aliphatic carbocycles. The molecule has 4 aromatic carbocycles. The lowest BCUT2D eigenvalue weighted by Crippen LogP contribution is -2.59. The molecule has 2 aliphatic rings. The lowest BCUT2D eigenvalue weighted by atomic mass is 9.83. The van der Waals surface area contributed by atoms with Crippen LogP contribution in [0.1, 0.15) is 60.4 Å². The van der Waals surface area contributed by atoms with Crippen LogP contribution in [0.3, 0.4) is 0 Å². The van der Waals surface area contributed by atoms with E-state index in [0.717, 1.165) is 58.8 Å². The lowest BCUT2D eigenvalue weighted by molar-refractivity contribution is -0.00718. The summed E-state index contributed by atoms with van der Waals surface area (Å²) in [5, 5.41) is 4.89. The number of hydrogen-bond acceptors (Lipinski definition) is 11. The highest BCUT2D eigenvalue weighted by Crippen LogP contribution is 2.36. The number of piperidine rings is 1. The monoisotopic (exact) mass is 829 g/mol. The summed E-state index contributed by atoms with van der Waals surface area (Å²) < 4.78 is 64.0. The molecule has 0 saturated carbocycles. The van der Waals surface area contributed by atoms with E-state index < -0.39 is 27.3 Å². The topological polar surface area (TPSA) is 134 Å². The summed E-state index contributed by atoms with van der Waals surface area (Å²) >= 11 is 0. The van der Waals surface area contributed by atoms with Gasteiger partial charge in [-0.05, 0) is 80.1 Å². The van der Waals surface area contributed by atoms with Crippen LogP contribution in [0.25, 0.3) is 0 Å². The van der Waals surface area contributed by atoms with Gasteiger partial charge in [0.25, 0.3) is 0 Å². The van der Waals surface area contributed by atoms with Crippen molar-refractivity contribution >= 4 is 21.6 Å². The average molecular weight is 830 g/mol. The van der Waals surface area contributed by atoms with Crippen LogP contribution in [-0.2, 0) is 53.3 Å². The molecule has 13 heteroatoms. The molecule has 0 spiro atoms. The molecule has 0 radical (unpaired) electrons. The highest BCUT2D eigenvalue weighted by atomic mass is 32.2. The first-order valence-corrected chi connectivity index (χ1v) is 22.1. The van der Waals surface area contributed by atoms with Crippen molar-refractivity contribution in [2.24, 2.45) is 0 Å². The molecule has 0 aromatic heterocycles. The van der Waals surface area contributed by atoms with Gasteiger partial charge in [-0.3, -0.25) is 0 Å². The van der Waals surface area contributed by atoms with Crippen molar-refractivity contribution in [1.29, 1.82) is 0 Å². The number of carbonyl (C=O) groups is 1. The molecule has 318 valence electrons. The maximum atomic E-state index is 14.5. The predicted octanol–water partition coefficient (Wildman–Crippen LogP) is 6.93. The Kier molecular flexibility index (Phi) is 16.2. The first kappa shape index (κ1) is 44.1. The van der Waals surface area contributed by atoms with Crippen molar-refractivity contribution in [1.82, 2.24) is 10.6 Å². The maximum Gasteiger partial charge on any atom is 0.408 e. The molecule has 2 unspecified atom stereocenters. The van der Waals surface area contributed by atoms with Gasteiger partial charge in [-0.2, -0.15) is 0 Å². The molecule has 6 rings (SSSR count). The number of hydrogen-bond donors (Lipinski definition) is 2. The number of amides is 1. The number of methoxy groups -OCH3 is 1. The van der Waals surface area contributed by atoms with Gasteiger partial charge in [0.05, 0.1) is 49.2 Å². The highest BCUT2D eigenvalue weighted by Gasteiger charge is 2.42. The fraction of sp³-hybridized carbons (Fsp3) is 0.457. The van der Waals surface area contributed by atoms with E-state index in [1.165, 1.54) is 0 Å². The second-order valence-electron chi connectivity index (χ2n) is 15.2.